The summed E-state index contributed by atoms with van der Waals surface area (Å²) >= 11 is 0. The van der Waals surface area contributed by atoms with Crippen LogP contribution in [0.4, 0.5) is 5.69 Å². The Morgan fingerprint density at radius 2 is 2.10 bits per heavy atom. The molecule has 1 aliphatic rings. The number of aryl methyl sites for hydroxylation is 1. The van der Waals surface area contributed by atoms with Crippen molar-refractivity contribution < 1.29 is 4.79 Å². The van der Waals surface area contributed by atoms with E-state index in [4.69, 9.17) is 0 Å². The number of nitrogens with one attached hydrogen (secondary N) is 2. The predicted octanol–water partition coefficient (Wildman–Crippen LogP) is 2.26. The molecule has 2 rings (SSSR count). The Morgan fingerprint density at radius 1 is 1.33 bits per heavy atom. The molecule has 1 saturated heterocycles. The summed E-state index contributed by atoms with van der Waals surface area (Å²) in [6.07, 6.45) is 2.66. The van der Waals surface area contributed by atoms with E-state index in [0.29, 0.717) is 12.5 Å². The Labute approximate surface area is 127 Å². The lowest BCUT2D eigenvalue weighted by Gasteiger charge is -2.20. The number of likely N-dealkylation sites (tertiary alicyclic amines) is 1. The van der Waals surface area contributed by atoms with E-state index in [9.17, 15) is 4.79 Å². The monoisotopic (exact) mass is 289 g/mol. The molecule has 21 heavy (non-hydrogen) atoms. The maximum atomic E-state index is 11.9. The highest BCUT2D eigenvalue weighted by atomic mass is 16.1. The fraction of sp³-hybridized carbons (Fsp3) is 0.588. The molecule has 4 nitrogen and oxygen atoms in total. The summed E-state index contributed by atoms with van der Waals surface area (Å²) in [7, 11) is 0. The molecule has 2 N–H and O–H groups in total. The van der Waals surface area contributed by atoms with E-state index in [0.717, 1.165) is 24.3 Å². The lowest BCUT2D eigenvalue weighted by atomic mass is 10.1. The van der Waals surface area contributed by atoms with Crippen LogP contribution in [0.1, 0.15) is 25.3 Å². The van der Waals surface area contributed by atoms with Gasteiger partial charge in [-0.25, -0.2) is 0 Å². The lowest BCUT2D eigenvalue weighted by Crippen LogP contribution is -2.35. The Morgan fingerprint density at radius 3 is 2.81 bits per heavy atom. The minimum Gasteiger partial charge on any atom is -0.325 e. The summed E-state index contributed by atoms with van der Waals surface area (Å²) in [6, 6.07) is 7.87. The van der Waals surface area contributed by atoms with Gasteiger partial charge in [-0.15, -0.1) is 0 Å². The molecular formula is C17H27N3O. The van der Waals surface area contributed by atoms with Gasteiger partial charge in [-0.2, -0.15) is 0 Å². The molecule has 116 valence electrons. The van der Waals surface area contributed by atoms with Crippen LogP contribution in [-0.2, 0) is 4.79 Å². The van der Waals surface area contributed by atoms with E-state index >= 15 is 0 Å². The third-order valence-corrected chi connectivity index (χ3v) is 3.85. The number of rotatable bonds is 7. The average molecular weight is 289 g/mol. The number of hydrogen-bond acceptors (Lipinski definition) is 3. The molecule has 1 amide bonds. The van der Waals surface area contributed by atoms with Gasteiger partial charge in [0.2, 0.25) is 5.91 Å². The van der Waals surface area contributed by atoms with Crippen LogP contribution < -0.4 is 10.6 Å². The van der Waals surface area contributed by atoms with Crippen LogP contribution in [0.2, 0.25) is 0 Å². The van der Waals surface area contributed by atoms with Gasteiger partial charge in [0, 0.05) is 12.2 Å². The van der Waals surface area contributed by atoms with Crippen LogP contribution in [0.25, 0.3) is 0 Å². The maximum absolute atomic E-state index is 11.9. The van der Waals surface area contributed by atoms with Crippen molar-refractivity contribution in [3.63, 3.8) is 0 Å². The van der Waals surface area contributed by atoms with Gasteiger partial charge < -0.3 is 15.5 Å². The molecule has 1 aliphatic heterocycles. The van der Waals surface area contributed by atoms with Crippen molar-refractivity contribution in [2.24, 2.45) is 5.92 Å². The van der Waals surface area contributed by atoms with Gasteiger partial charge >= 0.3 is 0 Å². The quantitative estimate of drug-likeness (QED) is 0.809. The zero-order valence-electron chi connectivity index (χ0n) is 13.2. The van der Waals surface area contributed by atoms with Gasteiger partial charge in [0.25, 0.3) is 0 Å². The van der Waals surface area contributed by atoms with Gasteiger partial charge in [0.05, 0.1) is 6.54 Å². The molecule has 1 aromatic carbocycles. The fourth-order valence-electron chi connectivity index (χ4n) is 2.83. The number of carbonyl (C=O) groups excluding carboxylic acids is 1. The van der Waals surface area contributed by atoms with E-state index in [-0.39, 0.29) is 5.91 Å². The first-order valence-corrected chi connectivity index (χ1v) is 7.93. The Hall–Kier alpha value is -1.39. The Balaban J connectivity index is 1.62. The number of anilines is 1. The molecule has 1 fully saturated rings. The van der Waals surface area contributed by atoms with Crippen molar-refractivity contribution in [1.29, 1.82) is 0 Å². The van der Waals surface area contributed by atoms with Crippen LogP contribution >= 0.6 is 0 Å². The SMILES string of the molecule is Cc1cccc(NC(=O)CNCC(C)CN2CCCC2)c1. The third-order valence-electron chi connectivity index (χ3n) is 3.85. The van der Waals surface area contributed by atoms with Crippen LogP contribution in [0.5, 0.6) is 0 Å². The summed E-state index contributed by atoms with van der Waals surface area (Å²) in [4.78, 5) is 14.4. The zero-order valence-corrected chi connectivity index (χ0v) is 13.2. The molecule has 0 saturated carbocycles. The van der Waals surface area contributed by atoms with Gasteiger partial charge in [0.15, 0.2) is 0 Å². The normalized spacial score (nSPS) is 16.9. The standard InChI is InChI=1S/C17H27N3O/c1-14-6-5-7-16(10-14)19-17(21)12-18-11-15(2)13-20-8-3-4-9-20/h5-7,10,15,18H,3-4,8-9,11-13H2,1-2H3,(H,19,21). The largest absolute Gasteiger partial charge is 0.325 e. The van der Waals surface area contributed by atoms with Crippen molar-refractivity contribution in [3.05, 3.63) is 29.8 Å². The second-order valence-corrected chi connectivity index (χ2v) is 6.16. The highest BCUT2D eigenvalue weighted by Crippen LogP contribution is 2.10. The number of benzene rings is 1. The molecule has 0 aliphatic carbocycles. The number of hydrogen-bond donors (Lipinski definition) is 2. The van der Waals surface area contributed by atoms with Crippen LogP contribution in [0.15, 0.2) is 24.3 Å². The fourth-order valence-corrected chi connectivity index (χ4v) is 2.83. The van der Waals surface area contributed by atoms with E-state index in [1.807, 2.05) is 31.2 Å². The molecule has 1 heterocycles. The minimum absolute atomic E-state index is 0.0222. The average Bonchev–Trinajstić information content (AvgIpc) is 2.91. The molecule has 0 spiro atoms. The smallest absolute Gasteiger partial charge is 0.238 e. The highest BCUT2D eigenvalue weighted by Gasteiger charge is 2.14. The predicted molar refractivity (Wildman–Crippen MR) is 87.5 cm³/mol. The second-order valence-electron chi connectivity index (χ2n) is 6.16. The molecule has 0 radical (unpaired) electrons. The molecule has 1 aromatic rings. The van der Waals surface area contributed by atoms with Gasteiger partial charge in [-0.3, -0.25) is 4.79 Å². The van der Waals surface area contributed by atoms with E-state index in [2.05, 4.69) is 22.5 Å². The summed E-state index contributed by atoms with van der Waals surface area (Å²) < 4.78 is 0. The van der Waals surface area contributed by atoms with Crippen molar-refractivity contribution in [2.75, 3.05) is 38.0 Å². The first kappa shape index (κ1) is 16.0. The highest BCUT2D eigenvalue weighted by molar-refractivity contribution is 5.92. The van der Waals surface area contributed by atoms with Crippen LogP contribution in [-0.4, -0.2) is 43.5 Å². The maximum Gasteiger partial charge on any atom is 0.238 e. The van der Waals surface area contributed by atoms with Crippen molar-refractivity contribution in [1.82, 2.24) is 10.2 Å². The van der Waals surface area contributed by atoms with Gasteiger partial charge in [-0.05, 0) is 63.0 Å². The molecular weight excluding hydrogens is 262 g/mol. The molecule has 4 heteroatoms. The van der Waals surface area contributed by atoms with Crippen molar-refractivity contribution >= 4 is 11.6 Å². The number of carbonyl (C=O) groups is 1. The zero-order chi connectivity index (χ0) is 15.1. The van der Waals surface area contributed by atoms with E-state index < -0.39 is 0 Å². The first-order valence-electron chi connectivity index (χ1n) is 7.93. The summed E-state index contributed by atoms with van der Waals surface area (Å²) in [6.45, 7) is 9.12. The van der Waals surface area contributed by atoms with Gasteiger partial charge in [-0.1, -0.05) is 19.1 Å². The van der Waals surface area contributed by atoms with Gasteiger partial charge in [0.1, 0.15) is 0 Å². The summed E-state index contributed by atoms with van der Waals surface area (Å²) in [5.41, 5.74) is 2.02. The summed E-state index contributed by atoms with van der Waals surface area (Å²) in [5, 5.41) is 6.17. The Bertz CT molecular complexity index is 455. The van der Waals surface area contributed by atoms with Crippen LogP contribution in [0.3, 0.4) is 0 Å². The molecule has 1 unspecified atom stereocenters. The number of amides is 1. The molecule has 0 bridgehead atoms. The van der Waals surface area contributed by atoms with Crippen LogP contribution in [0, 0.1) is 12.8 Å². The topological polar surface area (TPSA) is 44.4 Å². The minimum atomic E-state index is 0.0222. The molecule has 1 atom stereocenters. The third kappa shape index (κ3) is 5.86. The Kier molecular flexibility index (Phi) is 6.21. The first-order chi connectivity index (χ1) is 10.1. The van der Waals surface area contributed by atoms with E-state index in [1.54, 1.807) is 0 Å². The van der Waals surface area contributed by atoms with E-state index in [1.165, 1.54) is 25.9 Å². The number of nitrogens with zero attached hydrogens (tertiary/aromatic N) is 1. The lowest BCUT2D eigenvalue weighted by molar-refractivity contribution is -0.115. The summed E-state index contributed by atoms with van der Waals surface area (Å²) in [5.74, 6) is 0.601. The van der Waals surface area contributed by atoms with Crippen molar-refractivity contribution in [3.8, 4) is 0 Å². The van der Waals surface area contributed by atoms with Crippen molar-refractivity contribution in [2.45, 2.75) is 26.7 Å². The second kappa shape index (κ2) is 8.15. The molecule has 0 aromatic heterocycles.